The highest BCUT2D eigenvalue weighted by molar-refractivity contribution is 6.25. The van der Waals surface area contributed by atoms with E-state index in [-0.39, 0.29) is 0 Å². The van der Waals surface area contributed by atoms with Crippen LogP contribution in [0.5, 0.6) is 0 Å². The van der Waals surface area contributed by atoms with Crippen LogP contribution in [0.2, 0.25) is 0 Å². The molecule has 0 aliphatic heterocycles. The zero-order valence-electron chi connectivity index (χ0n) is 5.65. The molecule has 9 heavy (non-hydrogen) atoms. The Morgan fingerprint density at radius 1 is 1.89 bits per heavy atom. The van der Waals surface area contributed by atoms with Crippen LogP contribution in [0, 0.1) is 12.3 Å². The average molecular weight is 143 g/mol. The molecule has 0 bridgehead atoms. The normalized spacial score (nSPS) is 15.7. The van der Waals surface area contributed by atoms with E-state index in [1.54, 1.807) is 0 Å². The lowest BCUT2D eigenvalue weighted by Gasteiger charge is -2.11. The Morgan fingerprint density at radius 2 is 2.44 bits per heavy atom. The standard InChI is InChI=1S/C8H11Cl/c1-4-6-7-8(3,9)5-2/h2,4H,1,6-7H2,3H3. The van der Waals surface area contributed by atoms with Crippen molar-refractivity contribution in [3.63, 3.8) is 0 Å². The number of rotatable bonds is 3. The molecule has 0 aromatic heterocycles. The number of alkyl halides is 1. The summed E-state index contributed by atoms with van der Waals surface area (Å²) in [6, 6.07) is 0. The highest BCUT2D eigenvalue weighted by Gasteiger charge is 2.14. The van der Waals surface area contributed by atoms with Gasteiger partial charge in [-0.2, -0.15) is 0 Å². The van der Waals surface area contributed by atoms with Gasteiger partial charge in [0.1, 0.15) is 4.87 Å². The SMILES string of the molecule is C#CC(C)(Cl)CCC=C. The summed E-state index contributed by atoms with van der Waals surface area (Å²) in [4.78, 5) is -0.478. The molecule has 0 radical (unpaired) electrons. The second kappa shape index (κ2) is 3.58. The average Bonchev–Trinajstić information content (AvgIpc) is 1.84. The van der Waals surface area contributed by atoms with E-state index in [1.165, 1.54) is 0 Å². The summed E-state index contributed by atoms with van der Waals surface area (Å²) in [6.07, 6.45) is 8.63. The fourth-order valence-electron chi connectivity index (χ4n) is 0.445. The molecule has 0 spiro atoms. The summed E-state index contributed by atoms with van der Waals surface area (Å²) < 4.78 is 0. The number of halogens is 1. The third-order valence-electron chi connectivity index (χ3n) is 1.12. The minimum atomic E-state index is -0.478. The first kappa shape index (κ1) is 8.59. The Hall–Kier alpha value is -0.410. The smallest absolute Gasteiger partial charge is 0.102 e. The second-order valence-corrected chi connectivity index (χ2v) is 3.00. The van der Waals surface area contributed by atoms with E-state index in [0.717, 1.165) is 12.8 Å². The van der Waals surface area contributed by atoms with E-state index < -0.39 is 4.87 Å². The van der Waals surface area contributed by atoms with Crippen molar-refractivity contribution < 1.29 is 0 Å². The Labute approximate surface area is 61.9 Å². The van der Waals surface area contributed by atoms with E-state index in [1.807, 2.05) is 13.0 Å². The van der Waals surface area contributed by atoms with Crippen molar-refractivity contribution in [1.82, 2.24) is 0 Å². The van der Waals surface area contributed by atoms with Gasteiger partial charge in [0, 0.05) is 0 Å². The van der Waals surface area contributed by atoms with Crippen molar-refractivity contribution in [1.29, 1.82) is 0 Å². The third kappa shape index (κ3) is 4.12. The topological polar surface area (TPSA) is 0 Å². The van der Waals surface area contributed by atoms with Gasteiger partial charge in [-0.3, -0.25) is 0 Å². The lowest BCUT2D eigenvalue weighted by molar-refractivity contribution is 0.719. The van der Waals surface area contributed by atoms with Crippen LogP contribution >= 0.6 is 11.6 Å². The molecule has 0 aliphatic rings. The Balaban J connectivity index is 3.61. The Bertz CT molecular complexity index is 128. The van der Waals surface area contributed by atoms with Crippen LogP contribution in [-0.2, 0) is 0 Å². The summed E-state index contributed by atoms with van der Waals surface area (Å²) in [7, 11) is 0. The minimum absolute atomic E-state index is 0.478. The van der Waals surface area contributed by atoms with Crippen molar-refractivity contribution in [2.24, 2.45) is 0 Å². The van der Waals surface area contributed by atoms with Gasteiger partial charge in [0.2, 0.25) is 0 Å². The monoisotopic (exact) mass is 142 g/mol. The van der Waals surface area contributed by atoms with Crippen LogP contribution in [-0.4, -0.2) is 4.87 Å². The molecule has 0 fully saturated rings. The maximum absolute atomic E-state index is 5.82. The first-order valence-electron chi connectivity index (χ1n) is 2.90. The number of hydrogen-bond acceptors (Lipinski definition) is 0. The molecule has 0 saturated carbocycles. The summed E-state index contributed by atoms with van der Waals surface area (Å²) in [5.41, 5.74) is 0. The fraction of sp³-hybridized carbons (Fsp3) is 0.500. The molecule has 0 heterocycles. The predicted molar refractivity (Wildman–Crippen MR) is 42.5 cm³/mol. The van der Waals surface area contributed by atoms with Gasteiger partial charge in [0.05, 0.1) is 0 Å². The molecule has 0 amide bonds. The van der Waals surface area contributed by atoms with Crippen molar-refractivity contribution in [2.45, 2.75) is 24.6 Å². The lowest BCUT2D eigenvalue weighted by Crippen LogP contribution is -2.11. The molecule has 50 valence electrons. The molecule has 0 aromatic carbocycles. The van der Waals surface area contributed by atoms with Gasteiger partial charge in [-0.25, -0.2) is 0 Å². The lowest BCUT2D eigenvalue weighted by atomic mass is 10.1. The first-order valence-corrected chi connectivity index (χ1v) is 3.28. The predicted octanol–water partition coefficient (Wildman–Crippen LogP) is 2.58. The van der Waals surface area contributed by atoms with Crippen LogP contribution in [0.3, 0.4) is 0 Å². The summed E-state index contributed by atoms with van der Waals surface area (Å²) in [5, 5.41) is 0. The molecule has 0 nitrogen and oxygen atoms in total. The van der Waals surface area contributed by atoms with Crippen LogP contribution in [0.4, 0.5) is 0 Å². The minimum Gasteiger partial charge on any atom is -0.118 e. The van der Waals surface area contributed by atoms with Crippen LogP contribution in [0.25, 0.3) is 0 Å². The molecule has 0 saturated heterocycles. The zero-order valence-corrected chi connectivity index (χ0v) is 6.41. The van der Waals surface area contributed by atoms with Gasteiger partial charge in [-0.05, 0) is 19.8 Å². The fourth-order valence-corrected chi connectivity index (χ4v) is 0.554. The maximum Gasteiger partial charge on any atom is 0.102 e. The summed E-state index contributed by atoms with van der Waals surface area (Å²) in [5.74, 6) is 2.49. The molecular weight excluding hydrogens is 132 g/mol. The quantitative estimate of drug-likeness (QED) is 0.323. The van der Waals surface area contributed by atoms with Crippen LogP contribution < -0.4 is 0 Å². The van der Waals surface area contributed by atoms with Crippen molar-refractivity contribution in [2.75, 3.05) is 0 Å². The summed E-state index contributed by atoms with van der Waals surface area (Å²) >= 11 is 5.82. The largest absolute Gasteiger partial charge is 0.118 e. The van der Waals surface area contributed by atoms with Crippen molar-refractivity contribution in [3.8, 4) is 12.3 Å². The second-order valence-electron chi connectivity index (χ2n) is 2.17. The zero-order chi connectivity index (χ0) is 7.33. The molecule has 1 atom stereocenters. The molecule has 0 N–H and O–H groups in total. The Morgan fingerprint density at radius 3 is 2.78 bits per heavy atom. The van der Waals surface area contributed by atoms with E-state index in [2.05, 4.69) is 12.5 Å². The first-order chi connectivity index (χ1) is 4.12. The van der Waals surface area contributed by atoms with Gasteiger partial charge >= 0.3 is 0 Å². The van der Waals surface area contributed by atoms with Gasteiger partial charge in [-0.1, -0.05) is 12.0 Å². The highest BCUT2D eigenvalue weighted by atomic mass is 35.5. The molecule has 1 unspecified atom stereocenters. The molecule has 0 aliphatic carbocycles. The third-order valence-corrected chi connectivity index (χ3v) is 1.42. The number of terminal acetylenes is 1. The van der Waals surface area contributed by atoms with Crippen molar-refractivity contribution >= 4 is 11.6 Å². The van der Waals surface area contributed by atoms with Gasteiger partial charge in [-0.15, -0.1) is 24.6 Å². The van der Waals surface area contributed by atoms with E-state index >= 15 is 0 Å². The number of allylic oxidation sites excluding steroid dienone is 1. The van der Waals surface area contributed by atoms with E-state index in [0.29, 0.717) is 0 Å². The summed E-state index contributed by atoms with van der Waals surface area (Å²) in [6.45, 7) is 5.40. The van der Waals surface area contributed by atoms with E-state index in [9.17, 15) is 0 Å². The molecule has 0 rings (SSSR count). The van der Waals surface area contributed by atoms with Crippen LogP contribution in [0.1, 0.15) is 19.8 Å². The van der Waals surface area contributed by atoms with Crippen LogP contribution in [0.15, 0.2) is 12.7 Å². The molecule has 0 aromatic rings. The van der Waals surface area contributed by atoms with Crippen molar-refractivity contribution in [3.05, 3.63) is 12.7 Å². The highest BCUT2D eigenvalue weighted by Crippen LogP contribution is 2.19. The van der Waals surface area contributed by atoms with Gasteiger partial charge in [0.25, 0.3) is 0 Å². The maximum atomic E-state index is 5.82. The molecule has 1 heteroatoms. The Kier molecular flexibility index (Phi) is 3.42. The van der Waals surface area contributed by atoms with Gasteiger partial charge in [0.15, 0.2) is 0 Å². The van der Waals surface area contributed by atoms with E-state index in [4.69, 9.17) is 18.0 Å². The van der Waals surface area contributed by atoms with Gasteiger partial charge < -0.3 is 0 Å². The number of hydrogen-bond donors (Lipinski definition) is 0. The molecular formula is C8H11Cl.